The van der Waals surface area contributed by atoms with Crippen LogP contribution in [0.25, 0.3) is 10.9 Å². The first-order valence-electron chi connectivity index (χ1n) is 19.1. The highest BCUT2D eigenvalue weighted by Crippen LogP contribution is 2.63. The molecule has 0 aliphatic carbocycles. The first-order valence-corrected chi connectivity index (χ1v) is 20.2. The Morgan fingerprint density at radius 3 is 2.65 bits per heavy atom. The van der Waals surface area contributed by atoms with Crippen LogP contribution in [0.15, 0.2) is 24.3 Å². The average Bonchev–Trinajstić information content (AvgIpc) is 3.81. The summed E-state index contributed by atoms with van der Waals surface area (Å²) >= 11 is 1.69. The van der Waals surface area contributed by atoms with Crippen molar-refractivity contribution in [2.45, 2.75) is 87.6 Å². The zero-order chi connectivity index (χ0) is 38.2. The Bertz CT molecular complexity index is 2370. The Labute approximate surface area is 324 Å². The normalized spacial score (nSPS) is 30.7. The van der Waals surface area contributed by atoms with Gasteiger partial charge in [0.25, 0.3) is 0 Å². The van der Waals surface area contributed by atoms with E-state index in [2.05, 4.69) is 78.3 Å². The van der Waals surface area contributed by atoms with Gasteiger partial charge in [0, 0.05) is 57.7 Å². The van der Waals surface area contributed by atoms with Gasteiger partial charge in [-0.15, -0.1) is 11.8 Å². The number of aryl methyl sites for hydroxylation is 2. The zero-order valence-corrected chi connectivity index (χ0v) is 32.7. The number of benzene rings is 3. The summed E-state index contributed by atoms with van der Waals surface area (Å²) in [6, 6.07) is 9.09. The molecule has 1 spiro atoms. The number of aromatic hydroxyl groups is 1. The van der Waals surface area contributed by atoms with Crippen LogP contribution in [0.3, 0.4) is 0 Å². The average molecular weight is 763 g/mol. The lowest BCUT2D eigenvalue weighted by molar-refractivity contribution is -0.158. The molecule has 12 nitrogen and oxygen atoms in total. The van der Waals surface area contributed by atoms with Gasteiger partial charge in [-0.3, -0.25) is 15.1 Å². The van der Waals surface area contributed by atoms with Crippen molar-refractivity contribution in [3.05, 3.63) is 80.0 Å². The summed E-state index contributed by atoms with van der Waals surface area (Å²) < 4.78 is 24.8. The minimum atomic E-state index is -1.23. The third-order valence-electron chi connectivity index (χ3n) is 13.6. The van der Waals surface area contributed by atoms with E-state index in [-0.39, 0.29) is 54.5 Å². The van der Waals surface area contributed by atoms with Crippen molar-refractivity contribution in [3.63, 3.8) is 0 Å². The number of nitrogens with two attached hydrogens (primary N) is 1. The molecule has 5 N–H and O–H groups in total. The molecule has 13 heteroatoms. The monoisotopic (exact) mass is 762 g/mol. The van der Waals surface area contributed by atoms with Crippen LogP contribution in [0.5, 0.6) is 23.0 Å². The molecule has 8 heterocycles. The predicted octanol–water partition coefficient (Wildman–Crippen LogP) is 4.77. The van der Waals surface area contributed by atoms with Gasteiger partial charge in [-0.05, 0) is 93.1 Å². The summed E-state index contributed by atoms with van der Waals surface area (Å²) in [6.07, 6.45) is 1.25. The molecule has 2 fully saturated rings. The number of carbonyl (C=O) groups excluding carboxylic acids is 1. The Morgan fingerprint density at radius 2 is 1.89 bits per heavy atom. The number of nitriles is 1. The molecule has 0 radical (unpaired) electrons. The van der Waals surface area contributed by atoms with Gasteiger partial charge in [-0.1, -0.05) is 17.7 Å². The number of carbonyl (C=O) groups is 1. The standard InChI is InChI=1S/C42H46N6O6S/c1-18-7-8-26-24(9-18)25-12-23(13-43)46-42(40(25)45-26)16-55-39-30-20(3)21(4)37-38(54-17-53-37)32(30)29(15-52-41(42)50)48-28(14-44)27-11-22-10-19(2)36(51-6)35(49)31(22)33(34(39)48)47(27)5/h7-10,23,27-29,33-34,39,45-46,49H,11-13,15-17,43H2,1-6H3/t23-,27+,28+,29+,33-,34-,39-,42-/m1/s1. The molecular formula is C42H46N6O6S. The van der Waals surface area contributed by atoms with Crippen LogP contribution in [-0.2, 0) is 27.9 Å². The van der Waals surface area contributed by atoms with E-state index in [0.717, 1.165) is 66.7 Å². The Hall–Kier alpha value is -4.45. The second kappa shape index (κ2) is 12.3. The van der Waals surface area contributed by atoms with Gasteiger partial charge in [-0.2, -0.15) is 5.26 Å². The lowest BCUT2D eigenvalue weighted by Crippen LogP contribution is -2.69. The summed E-state index contributed by atoms with van der Waals surface area (Å²) in [6.45, 7) is 8.67. The number of thioether (sulfide) groups is 1. The van der Waals surface area contributed by atoms with Gasteiger partial charge in [0.05, 0.1) is 31.0 Å². The Kier molecular flexibility index (Phi) is 7.81. The van der Waals surface area contributed by atoms with Gasteiger partial charge < -0.3 is 34.8 Å². The molecule has 4 bridgehead atoms. The number of hydrogen-bond acceptors (Lipinski definition) is 12. The summed E-state index contributed by atoms with van der Waals surface area (Å²) in [5, 5.41) is 27.8. The predicted molar refractivity (Wildman–Crippen MR) is 208 cm³/mol. The third-order valence-corrected chi connectivity index (χ3v) is 15.0. The molecule has 11 rings (SSSR count). The molecule has 8 atom stereocenters. The van der Waals surface area contributed by atoms with Crippen molar-refractivity contribution in [3.8, 4) is 29.1 Å². The molecule has 0 unspecified atom stereocenters. The van der Waals surface area contributed by atoms with Gasteiger partial charge in [0.15, 0.2) is 28.5 Å². The maximum atomic E-state index is 15.0. The van der Waals surface area contributed by atoms with Crippen LogP contribution in [-0.4, -0.2) is 89.9 Å². The molecule has 3 aromatic carbocycles. The van der Waals surface area contributed by atoms with E-state index >= 15 is 4.79 Å². The molecule has 2 saturated heterocycles. The van der Waals surface area contributed by atoms with Crippen molar-refractivity contribution < 1.29 is 28.8 Å². The molecule has 7 aliphatic heterocycles. The highest BCUT2D eigenvalue weighted by molar-refractivity contribution is 7.99. The van der Waals surface area contributed by atoms with E-state index < -0.39 is 17.6 Å². The number of likely N-dealkylation sites (N-methyl/N-ethyl adjacent to an activating group) is 1. The van der Waals surface area contributed by atoms with Gasteiger partial charge in [-0.25, -0.2) is 4.79 Å². The minimum absolute atomic E-state index is 0.0131. The van der Waals surface area contributed by atoms with Crippen molar-refractivity contribution in [1.29, 1.82) is 5.26 Å². The van der Waals surface area contributed by atoms with Gasteiger partial charge in [0.1, 0.15) is 12.6 Å². The van der Waals surface area contributed by atoms with Crippen LogP contribution in [0.4, 0.5) is 0 Å². The molecule has 1 aromatic heterocycles. The van der Waals surface area contributed by atoms with Crippen molar-refractivity contribution in [2.24, 2.45) is 5.73 Å². The van der Waals surface area contributed by atoms with Crippen molar-refractivity contribution in [1.82, 2.24) is 20.1 Å². The topological polar surface area (TPSA) is 158 Å². The van der Waals surface area contributed by atoms with E-state index in [9.17, 15) is 10.4 Å². The van der Waals surface area contributed by atoms with Crippen LogP contribution in [0.1, 0.15) is 73.1 Å². The van der Waals surface area contributed by atoms with Crippen LogP contribution < -0.4 is 25.3 Å². The third kappa shape index (κ3) is 4.57. The van der Waals surface area contributed by atoms with E-state index in [1.807, 2.05) is 6.92 Å². The number of methoxy groups -OCH3 is 1. The molecule has 286 valence electrons. The number of hydrogen-bond donors (Lipinski definition) is 4. The largest absolute Gasteiger partial charge is 0.504 e. The smallest absolute Gasteiger partial charge is 0.333 e. The number of piperazine rings is 1. The van der Waals surface area contributed by atoms with E-state index in [1.165, 1.54) is 0 Å². The molecular weight excluding hydrogens is 717 g/mol. The summed E-state index contributed by atoms with van der Waals surface area (Å²) in [5.74, 6) is 1.90. The minimum Gasteiger partial charge on any atom is -0.504 e. The number of phenols is 1. The SMILES string of the molecule is COc1c(C)cc2c(c1O)[C@@H]1[C@@H]3[C@@H]4SC[C@]5(N[C@@H](CN)Cc6c5[nH]c5ccc(C)cc65)C(=O)OC[C@@H](c5c6c(c(C)c(C)c54)OCO6)N3[C@@H](C#N)[C@H](C2)N1C. The number of aromatic amines is 1. The van der Waals surface area contributed by atoms with E-state index in [1.54, 1.807) is 18.9 Å². The fourth-order valence-corrected chi connectivity index (χ4v) is 12.7. The maximum Gasteiger partial charge on any atom is 0.333 e. The second-order valence-corrected chi connectivity index (χ2v) is 17.4. The second-order valence-electron chi connectivity index (χ2n) is 16.2. The van der Waals surface area contributed by atoms with E-state index in [4.69, 9.17) is 24.7 Å². The first-order chi connectivity index (χ1) is 26.5. The quantitative estimate of drug-likeness (QED) is 0.208. The maximum absolute atomic E-state index is 15.0. The van der Waals surface area contributed by atoms with Crippen LogP contribution in [0, 0.1) is 39.0 Å². The van der Waals surface area contributed by atoms with Crippen LogP contribution >= 0.6 is 11.8 Å². The van der Waals surface area contributed by atoms with Crippen molar-refractivity contribution in [2.75, 3.05) is 39.9 Å². The number of H-pyrrole nitrogens is 1. The zero-order valence-electron chi connectivity index (χ0n) is 31.9. The summed E-state index contributed by atoms with van der Waals surface area (Å²) in [7, 11) is 3.67. The molecule has 7 aliphatic rings. The van der Waals surface area contributed by atoms with E-state index in [0.29, 0.717) is 42.4 Å². The Balaban J connectivity index is 1.23. The summed E-state index contributed by atoms with van der Waals surface area (Å²) in [5.41, 5.74) is 16.0. The number of fused-ring (bicyclic) bond motifs is 11. The van der Waals surface area contributed by atoms with Gasteiger partial charge >= 0.3 is 5.97 Å². The first kappa shape index (κ1) is 35.0. The highest BCUT2D eigenvalue weighted by Gasteiger charge is 2.61. The van der Waals surface area contributed by atoms with Crippen LogP contribution in [0.2, 0.25) is 0 Å². The molecule has 4 aromatic rings. The number of rotatable bonds is 2. The number of esters is 1. The fraction of sp³-hybridized carbons (Fsp3) is 0.476. The number of aromatic nitrogens is 1. The number of ether oxygens (including phenoxy) is 4. The highest BCUT2D eigenvalue weighted by atomic mass is 32.2. The molecule has 0 saturated carbocycles. The Morgan fingerprint density at radius 1 is 1.09 bits per heavy atom. The number of phenolic OH excluding ortho intramolecular Hbond substituents is 1. The number of nitrogens with one attached hydrogen (secondary N) is 2. The fourth-order valence-electron chi connectivity index (χ4n) is 11.0. The molecule has 55 heavy (non-hydrogen) atoms. The van der Waals surface area contributed by atoms with Gasteiger partial charge in [0.2, 0.25) is 6.79 Å². The van der Waals surface area contributed by atoms with Crippen molar-refractivity contribution >= 4 is 28.6 Å². The lowest BCUT2D eigenvalue weighted by atomic mass is 9.71. The lowest BCUT2D eigenvalue weighted by Gasteiger charge is -2.62. The molecule has 0 amide bonds. The number of nitrogens with zero attached hydrogens (tertiary/aromatic N) is 3. The summed E-state index contributed by atoms with van der Waals surface area (Å²) in [4.78, 5) is 23.3.